The van der Waals surface area contributed by atoms with Gasteiger partial charge in [0.25, 0.3) is 0 Å². The minimum Gasteiger partial charge on any atom is -0.115 e. The van der Waals surface area contributed by atoms with E-state index in [4.69, 9.17) is 0 Å². The lowest BCUT2D eigenvalue weighted by atomic mass is 10.0. The van der Waals surface area contributed by atoms with Gasteiger partial charge in [0.1, 0.15) is 0 Å². The van der Waals surface area contributed by atoms with Gasteiger partial charge in [0.05, 0.1) is 0 Å². The maximum Gasteiger partial charge on any atom is -0.0335 e. The summed E-state index contributed by atoms with van der Waals surface area (Å²) in [6, 6.07) is 0. The Morgan fingerprint density at radius 2 is 0.284 bits per heavy atom. The molecule has 0 aliphatic carbocycles. The molecule has 0 amide bonds. The summed E-state index contributed by atoms with van der Waals surface area (Å²) in [4.78, 5) is 0. The zero-order valence-electron chi connectivity index (χ0n) is 53.1. The number of hydrogen-bond acceptors (Lipinski definition) is 0. The highest BCUT2D eigenvalue weighted by molar-refractivity contribution is 7.73. The first kappa shape index (κ1) is 74.3. The van der Waals surface area contributed by atoms with Gasteiger partial charge in [-0.15, -0.1) is 6.89 Å². The van der Waals surface area contributed by atoms with Crippen molar-refractivity contribution in [2.24, 2.45) is 0 Å². The van der Waals surface area contributed by atoms with Crippen molar-refractivity contribution in [3.63, 3.8) is 0 Å². The smallest absolute Gasteiger partial charge is 0.0335 e. The lowest BCUT2D eigenvalue weighted by Crippen LogP contribution is -1.92. The molecular formula is C73H149P. The van der Waals surface area contributed by atoms with Crippen molar-refractivity contribution in [1.82, 2.24) is 0 Å². The zero-order chi connectivity index (χ0) is 53.3. The van der Waals surface area contributed by atoms with Gasteiger partial charge in [-0.1, -0.05) is 431 Å². The summed E-state index contributed by atoms with van der Waals surface area (Å²) in [5.41, 5.74) is 0. The minimum atomic E-state index is -0.776. The Morgan fingerprint density at radius 3 is 0.432 bits per heavy atom. The Balaban J connectivity index is 3.25. The molecule has 0 aromatic rings. The second kappa shape index (κ2) is 67.6. The van der Waals surface area contributed by atoms with Crippen LogP contribution in [0.15, 0.2) is 0 Å². The van der Waals surface area contributed by atoms with Gasteiger partial charge in [-0.05, 0) is 38.8 Å². The molecule has 74 heavy (non-hydrogen) atoms. The van der Waals surface area contributed by atoms with Crippen LogP contribution in [0.3, 0.4) is 0 Å². The molecule has 0 bridgehead atoms. The first-order valence-corrected chi connectivity index (χ1v) is 39.2. The first-order valence-electron chi connectivity index (χ1n) is 36.3. The average molecular weight is 1060 g/mol. The van der Waals surface area contributed by atoms with Crippen LogP contribution in [0.5, 0.6) is 0 Å². The molecule has 0 aliphatic heterocycles. The summed E-state index contributed by atoms with van der Waals surface area (Å²) in [6.45, 7) is 9.08. The van der Waals surface area contributed by atoms with Crippen molar-refractivity contribution < 1.29 is 0 Å². The number of unbranched alkanes of at least 4 members (excludes halogenated alkanes) is 65. The van der Waals surface area contributed by atoms with E-state index in [1.165, 1.54) is 436 Å². The van der Waals surface area contributed by atoms with E-state index in [-0.39, 0.29) is 0 Å². The minimum absolute atomic E-state index is 0.776. The molecule has 1 heteroatoms. The Kier molecular flexibility index (Phi) is 67.8. The standard InChI is InChI=1S/C73H149P/c1-5-7-9-11-13-15-17-19-21-23-25-27-29-31-33-35-37-39-41-43-45-47-49-51-53-55-57-59-61-63-65-67-69-71-73-74(3,4)72-70-68-66-64-62-60-58-56-54-52-50-48-46-44-42-40-38-36-34-32-30-28-26-24-22-20-18-16-14-12-10-8-6-2/h72H,5-71,73H2,1-4H3. The molecule has 0 saturated heterocycles. The van der Waals surface area contributed by atoms with Crippen LogP contribution in [-0.4, -0.2) is 25.3 Å². The van der Waals surface area contributed by atoms with Crippen LogP contribution >= 0.6 is 6.89 Å². The highest BCUT2D eigenvalue weighted by Gasteiger charge is 2.04. The molecule has 0 heterocycles. The molecule has 446 valence electrons. The van der Waals surface area contributed by atoms with E-state index < -0.39 is 6.89 Å². The third kappa shape index (κ3) is 68.4. The lowest BCUT2D eigenvalue weighted by molar-refractivity contribution is 0.511. The molecular weight excluding hydrogens is 908 g/mol. The van der Waals surface area contributed by atoms with Gasteiger partial charge >= 0.3 is 0 Å². The van der Waals surface area contributed by atoms with Crippen LogP contribution in [0.1, 0.15) is 444 Å². The summed E-state index contributed by atoms with van der Waals surface area (Å²) in [6.07, 6.45) is 101. The van der Waals surface area contributed by atoms with Gasteiger partial charge in [0.15, 0.2) is 0 Å². The number of hydrogen-bond donors (Lipinski definition) is 0. The molecule has 0 aromatic carbocycles. The quantitative estimate of drug-likeness (QED) is 0.0421. The van der Waals surface area contributed by atoms with E-state index in [1.54, 1.807) is 0 Å². The van der Waals surface area contributed by atoms with Gasteiger partial charge in [0, 0.05) is 0 Å². The fraction of sp³-hybridized carbons (Fsp3) is 0.986. The lowest BCUT2D eigenvalue weighted by Gasteiger charge is -2.15. The van der Waals surface area contributed by atoms with Crippen LogP contribution in [0.25, 0.3) is 0 Å². The summed E-state index contributed by atoms with van der Waals surface area (Å²) >= 11 is 0. The molecule has 0 nitrogen and oxygen atoms in total. The monoisotopic (exact) mass is 1060 g/mol. The third-order valence-corrected chi connectivity index (χ3v) is 20.5. The van der Waals surface area contributed by atoms with Gasteiger partial charge < -0.3 is 0 Å². The predicted octanol–water partition coefficient (Wildman–Crippen LogP) is 28.2. The summed E-state index contributed by atoms with van der Waals surface area (Å²) in [7, 11) is 0. The molecule has 0 unspecified atom stereocenters. The van der Waals surface area contributed by atoms with E-state index in [9.17, 15) is 0 Å². The maximum atomic E-state index is 2.79. The number of rotatable bonds is 68. The van der Waals surface area contributed by atoms with Crippen molar-refractivity contribution >= 4 is 12.7 Å². The molecule has 0 fully saturated rings. The molecule has 0 saturated carbocycles. The van der Waals surface area contributed by atoms with Crippen LogP contribution in [-0.2, 0) is 0 Å². The molecule has 0 spiro atoms. The van der Waals surface area contributed by atoms with Gasteiger partial charge in [-0.3, -0.25) is 0 Å². The van der Waals surface area contributed by atoms with Crippen molar-refractivity contribution in [3.05, 3.63) is 0 Å². The van der Waals surface area contributed by atoms with Gasteiger partial charge in [-0.2, -0.15) is 0 Å². The predicted molar refractivity (Wildman–Crippen MR) is 350 cm³/mol. The van der Waals surface area contributed by atoms with Crippen LogP contribution in [0, 0.1) is 0 Å². The zero-order valence-corrected chi connectivity index (χ0v) is 54.0. The van der Waals surface area contributed by atoms with Gasteiger partial charge in [-0.25, -0.2) is 0 Å². The second-order valence-corrected chi connectivity index (χ2v) is 30.5. The van der Waals surface area contributed by atoms with Crippen LogP contribution < -0.4 is 0 Å². The Bertz CT molecular complexity index is 1010. The molecule has 0 radical (unpaired) electrons. The second-order valence-electron chi connectivity index (χ2n) is 26.1. The normalized spacial score (nSPS) is 11.9. The summed E-state index contributed by atoms with van der Waals surface area (Å²) < 4.78 is 0. The molecule has 0 atom stereocenters. The average Bonchev–Trinajstić information content (AvgIpc) is 3.40. The summed E-state index contributed by atoms with van der Waals surface area (Å²) in [5, 5.41) is 0. The fourth-order valence-electron chi connectivity index (χ4n) is 12.3. The van der Waals surface area contributed by atoms with E-state index in [1.807, 2.05) is 0 Å². The largest absolute Gasteiger partial charge is 0.115 e. The van der Waals surface area contributed by atoms with E-state index >= 15 is 0 Å². The molecule has 0 aromatic heterocycles. The van der Waals surface area contributed by atoms with Crippen LogP contribution in [0.4, 0.5) is 0 Å². The molecule has 0 N–H and O–H groups in total. The fourth-order valence-corrected chi connectivity index (χ4v) is 14.4. The Labute approximate surface area is 473 Å². The van der Waals surface area contributed by atoms with E-state index in [0.717, 1.165) is 0 Å². The highest BCUT2D eigenvalue weighted by atomic mass is 31.2. The SMILES string of the molecule is CCCCCCCCCCCCCCCCCCCCCCCCCCCCCCCCCCC=P(C)(C)CCCCCCCCCCCCCCCCCCCCCCCCCCCCCCCCCCCC. The van der Waals surface area contributed by atoms with E-state index in [0.29, 0.717) is 0 Å². The molecule has 0 aliphatic rings. The highest BCUT2D eigenvalue weighted by Crippen LogP contribution is 2.39. The van der Waals surface area contributed by atoms with Gasteiger partial charge in [0.2, 0.25) is 0 Å². The summed E-state index contributed by atoms with van der Waals surface area (Å²) in [5.74, 6) is 2.79. The van der Waals surface area contributed by atoms with E-state index in [2.05, 4.69) is 33.0 Å². The Morgan fingerprint density at radius 1 is 0.162 bits per heavy atom. The van der Waals surface area contributed by atoms with Crippen molar-refractivity contribution in [1.29, 1.82) is 0 Å². The Hall–Kier alpha value is 0.300. The first-order chi connectivity index (χ1) is 36.6. The topological polar surface area (TPSA) is 0 Å². The molecule has 0 rings (SSSR count). The van der Waals surface area contributed by atoms with Crippen molar-refractivity contribution in [2.75, 3.05) is 19.5 Å². The third-order valence-electron chi connectivity index (χ3n) is 17.8. The maximum absolute atomic E-state index is 2.79. The van der Waals surface area contributed by atoms with Crippen LogP contribution in [0.2, 0.25) is 0 Å². The van der Waals surface area contributed by atoms with Crippen molar-refractivity contribution in [3.8, 4) is 0 Å². The van der Waals surface area contributed by atoms with Crippen molar-refractivity contribution in [2.45, 2.75) is 444 Å².